The van der Waals surface area contributed by atoms with Crippen LogP contribution in [0.1, 0.15) is 32.4 Å². The molecule has 0 unspecified atom stereocenters. The van der Waals surface area contributed by atoms with E-state index in [2.05, 4.69) is 11.4 Å². The number of nitrogens with zero attached hydrogens (tertiary/aromatic N) is 1. The molecule has 1 aromatic heterocycles. The predicted molar refractivity (Wildman–Crippen MR) is 117 cm³/mol. The van der Waals surface area contributed by atoms with Gasteiger partial charge in [-0.3, -0.25) is 4.79 Å². The highest BCUT2D eigenvalue weighted by Gasteiger charge is 2.19. The van der Waals surface area contributed by atoms with Gasteiger partial charge in [0.25, 0.3) is 5.91 Å². The van der Waals surface area contributed by atoms with Crippen LogP contribution in [0, 0.1) is 11.3 Å². The summed E-state index contributed by atoms with van der Waals surface area (Å²) in [4.78, 5) is 14.6. The lowest BCUT2D eigenvalue weighted by molar-refractivity contribution is 0.0947. The van der Waals surface area contributed by atoms with E-state index in [4.69, 9.17) is 5.26 Å². The van der Waals surface area contributed by atoms with Crippen molar-refractivity contribution in [3.63, 3.8) is 0 Å². The summed E-state index contributed by atoms with van der Waals surface area (Å²) < 4.78 is 0. The van der Waals surface area contributed by atoms with Crippen LogP contribution in [0.2, 0.25) is 0 Å². The molecule has 4 rings (SSSR count). The van der Waals surface area contributed by atoms with E-state index in [1.807, 2.05) is 91.0 Å². The fourth-order valence-corrected chi connectivity index (χ4v) is 4.11. The van der Waals surface area contributed by atoms with E-state index in [9.17, 15) is 4.79 Å². The van der Waals surface area contributed by atoms with Gasteiger partial charge in [0.15, 0.2) is 0 Å². The number of benzene rings is 3. The number of hydrogen-bond acceptors (Lipinski definition) is 3. The molecular formula is C25H18N2OS. The van der Waals surface area contributed by atoms with Gasteiger partial charge < -0.3 is 5.32 Å². The van der Waals surface area contributed by atoms with Crippen LogP contribution in [-0.4, -0.2) is 5.91 Å². The van der Waals surface area contributed by atoms with Crippen molar-refractivity contribution < 1.29 is 4.79 Å². The Bertz CT molecular complexity index is 1120. The third-order valence-electron chi connectivity index (χ3n) is 4.65. The molecule has 1 N–H and O–H groups in total. The molecule has 0 atom stereocenters. The van der Waals surface area contributed by atoms with Crippen molar-refractivity contribution in [1.29, 1.82) is 5.26 Å². The van der Waals surface area contributed by atoms with Crippen LogP contribution in [-0.2, 0) is 0 Å². The van der Waals surface area contributed by atoms with Gasteiger partial charge in [-0.05, 0) is 41.0 Å². The van der Waals surface area contributed by atoms with Crippen molar-refractivity contribution in [1.82, 2.24) is 5.32 Å². The van der Waals surface area contributed by atoms with Crippen LogP contribution < -0.4 is 5.32 Å². The molecule has 3 nitrogen and oxygen atoms in total. The zero-order valence-electron chi connectivity index (χ0n) is 15.6. The Morgan fingerprint density at radius 2 is 1.48 bits per heavy atom. The van der Waals surface area contributed by atoms with Crippen LogP contribution in [0.5, 0.6) is 0 Å². The lowest BCUT2D eigenvalue weighted by Crippen LogP contribution is -2.28. The maximum absolute atomic E-state index is 13.0. The van der Waals surface area contributed by atoms with Gasteiger partial charge in [0, 0.05) is 4.88 Å². The van der Waals surface area contributed by atoms with Crippen LogP contribution >= 0.6 is 11.3 Å². The third kappa shape index (κ3) is 4.26. The highest BCUT2D eigenvalue weighted by atomic mass is 32.1. The van der Waals surface area contributed by atoms with E-state index in [-0.39, 0.29) is 11.9 Å². The summed E-state index contributed by atoms with van der Waals surface area (Å²) in [5.74, 6) is -0.115. The lowest BCUT2D eigenvalue weighted by atomic mass is 9.98. The summed E-state index contributed by atoms with van der Waals surface area (Å²) in [6.07, 6.45) is 0. The van der Waals surface area contributed by atoms with Gasteiger partial charge >= 0.3 is 0 Å². The summed E-state index contributed by atoms with van der Waals surface area (Å²) in [7, 11) is 0. The van der Waals surface area contributed by atoms with Gasteiger partial charge in [0.05, 0.1) is 22.6 Å². The Labute approximate surface area is 173 Å². The van der Waals surface area contributed by atoms with Crippen molar-refractivity contribution in [3.05, 3.63) is 119 Å². The highest BCUT2D eigenvalue weighted by molar-refractivity contribution is 7.17. The first-order valence-corrected chi connectivity index (χ1v) is 10.1. The number of amides is 1. The maximum Gasteiger partial charge on any atom is 0.262 e. The van der Waals surface area contributed by atoms with Crippen molar-refractivity contribution >= 4 is 17.2 Å². The van der Waals surface area contributed by atoms with Gasteiger partial charge in [0.1, 0.15) is 0 Å². The maximum atomic E-state index is 13.0. The monoisotopic (exact) mass is 394 g/mol. The van der Waals surface area contributed by atoms with Gasteiger partial charge in [-0.25, -0.2) is 0 Å². The topological polar surface area (TPSA) is 52.9 Å². The van der Waals surface area contributed by atoms with Gasteiger partial charge in [-0.1, -0.05) is 72.8 Å². The third-order valence-corrected chi connectivity index (χ3v) is 5.78. The molecule has 0 radical (unpaired) electrons. The largest absolute Gasteiger partial charge is 0.340 e. The summed E-state index contributed by atoms with van der Waals surface area (Å²) in [6, 6.07) is 33.0. The molecule has 3 aromatic carbocycles. The second-order valence-electron chi connectivity index (χ2n) is 6.58. The standard InChI is InChI=1S/C25H18N2OS/c26-17-18-8-7-13-21(16-18)22-14-15-23(29-22)25(28)27-24(19-9-3-1-4-10-19)20-11-5-2-6-12-20/h1-16,24H,(H,27,28). The molecule has 4 aromatic rings. The molecule has 0 aliphatic rings. The molecular weight excluding hydrogens is 376 g/mol. The average molecular weight is 394 g/mol. The lowest BCUT2D eigenvalue weighted by Gasteiger charge is -2.19. The minimum Gasteiger partial charge on any atom is -0.340 e. The number of thiophene rings is 1. The Morgan fingerprint density at radius 3 is 2.10 bits per heavy atom. The SMILES string of the molecule is N#Cc1cccc(-c2ccc(C(=O)NC(c3ccccc3)c3ccccc3)s2)c1. The number of rotatable bonds is 5. The molecule has 0 saturated carbocycles. The summed E-state index contributed by atoms with van der Waals surface area (Å²) in [5, 5.41) is 12.3. The first kappa shape index (κ1) is 18.7. The van der Waals surface area contributed by atoms with Crippen LogP contribution in [0.4, 0.5) is 0 Å². The van der Waals surface area contributed by atoms with Crippen molar-refractivity contribution in [3.8, 4) is 16.5 Å². The van der Waals surface area contributed by atoms with Gasteiger partial charge in [-0.2, -0.15) is 5.26 Å². The number of hydrogen-bond donors (Lipinski definition) is 1. The van der Waals surface area contributed by atoms with Gasteiger partial charge in [0.2, 0.25) is 0 Å². The number of nitriles is 1. The fourth-order valence-electron chi connectivity index (χ4n) is 3.21. The molecule has 4 heteroatoms. The normalized spacial score (nSPS) is 10.5. The summed E-state index contributed by atoms with van der Waals surface area (Å²) >= 11 is 1.42. The molecule has 29 heavy (non-hydrogen) atoms. The van der Waals surface area contributed by atoms with E-state index in [0.29, 0.717) is 10.4 Å². The van der Waals surface area contributed by atoms with E-state index in [0.717, 1.165) is 21.6 Å². The predicted octanol–water partition coefficient (Wildman–Crippen LogP) is 5.81. The Morgan fingerprint density at radius 1 is 0.828 bits per heavy atom. The molecule has 0 bridgehead atoms. The number of carbonyl (C=O) groups excluding carboxylic acids is 1. The number of carbonyl (C=O) groups is 1. The van der Waals surface area contributed by atoms with E-state index >= 15 is 0 Å². The Kier molecular flexibility index (Phi) is 5.51. The van der Waals surface area contributed by atoms with Gasteiger partial charge in [-0.15, -0.1) is 11.3 Å². The number of nitrogens with one attached hydrogen (secondary N) is 1. The minimum atomic E-state index is -0.225. The average Bonchev–Trinajstić information content (AvgIpc) is 3.29. The molecule has 0 aliphatic heterocycles. The zero-order valence-corrected chi connectivity index (χ0v) is 16.4. The Hall–Kier alpha value is -3.68. The molecule has 0 saturated heterocycles. The van der Waals surface area contributed by atoms with Crippen LogP contribution in [0.3, 0.4) is 0 Å². The zero-order chi connectivity index (χ0) is 20.1. The first-order chi connectivity index (χ1) is 14.2. The second-order valence-corrected chi connectivity index (χ2v) is 7.67. The summed E-state index contributed by atoms with van der Waals surface area (Å²) in [6.45, 7) is 0. The van der Waals surface area contributed by atoms with Crippen molar-refractivity contribution in [2.24, 2.45) is 0 Å². The van der Waals surface area contributed by atoms with Crippen molar-refractivity contribution in [2.75, 3.05) is 0 Å². The van der Waals surface area contributed by atoms with E-state index in [1.165, 1.54) is 11.3 Å². The van der Waals surface area contributed by atoms with Crippen LogP contribution in [0.25, 0.3) is 10.4 Å². The Balaban J connectivity index is 1.60. The minimum absolute atomic E-state index is 0.115. The molecule has 140 valence electrons. The molecule has 0 fully saturated rings. The van der Waals surface area contributed by atoms with E-state index < -0.39 is 0 Å². The quantitative estimate of drug-likeness (QED) is 0.465. The fraction of sp³-hybridized carbons (Fsp3) is 0.0400. The molecule has 1 amide bonds. The van der Waals surface area contributed by atoms with E-state index in [1.54, 1.807) is 6.07 Å². The van der Waals surface area contributed by atoms with Crippen LogP contribution in [0.15, 0.2) is 97.1 Å². The molecule has 1 heterocycles. The highest BCUT2D eigenvalue weighted by Crippen LogP contribution is 2.30. The summed E-state index contributed by atoms with van der Waals surface area (Å²) in [5.41, 5.74) is 3.61. The smallest absolute Gasteiger partial charge is 0.262 e. The van der Waals surface area contributed by atoms with Crippen molar-refractivity contribution in [2.45, 2.75) is 6.04 Å². The first-order valence-electron chi connectivity index (χ1n) is 9.26. The second kappa shape index (κ2) is 8.55. The molecule has 0 aliphatic carbocycles. The molecule has 0 spiro atoms.